The first-order valence-electron chi connectivity index (χ1n) is 9.59. The number of H-pyrrole nitrogens is 1. The molecule has 2 saturated carbocycles. The maximum atomic E-state index is 12.7. The van der Waals surface area contributed by atoms with Gasteiger partial charge >= 0.3 is 5.97 Å². The smallest absolute Gasteiger partial charge is 0.317 e. The van der Waals surface area contributed by atoms with E-state index in [1.807, 2.05) is 36.5 Å². The molecule has 1 heterocycles. The summed E-state index contributed by atoms with van der Waals surface area (Å²) in [6.45, 7) is 0.964. The molecule has 6 nitrogen and oxygen atoms in total. The van der Waals surface area contributed by atoms with Crippen LogP contribution in [0.2, 0.25) is 0 Å². The summed E-state index contributed by atoms with van der Waals surface area (Å²) in [5.74, 6) is -0.195. The number of carbonyl (C=O) groups excluding carboxylic acids is 1. The number of hydrogen-bond donors (Lipinski definition) is 3. The zero-order valence-corrected chi connectivity index (χ0v) is 15.2. The van der Waals surface area contributed by atoms with E-state index in [4.69, 9.17) is 5.11 Å². The number of aromatic nitrogens is 1. The van der Waals surface area contributed by atoms with E-state index in [1.54, 1.807) is 6.20 Å². The van der Waals surface area contributed by atoms with E-state index in [2.05, 4.69) is 15.2 Å². The Morgan fingerprint density at radius 2 is 1.89 bits per heavy atom. The maximum absolute atomic E-state index is 12.7. The molecule has 3 N–H and O–H groups in total. The lowest BCUT2D eigenvalue weighted by Crippen LogP contribution is -2.55. The largest absolute Gasteiger partial charge is 0.480 e. The zero-order chi connectivity index (χ0) is 18.8. The van der Waals surface area contributed by atoms with Crippen LogP contribution in [-0.4, -0.2) is 52.0 Å². The van der Waals surface area contributed by atoms with Crippen molar-refractivity contribution in [3.8, 4) is 11.1 Å². The number of benzene rings is 1. The van der Waals surface area contributed by atoms with Gasteiger partial charge in [-0.3, -0.25) is 14.5 Å². The molecule has 1 amide bonds. The van der Waals surface area contributed by atoms with Gasteiger partial charge in [-0.1, -0.05) is 30.3 Å². The van der Waals surface area contributed by atoms with Crippen LogP contribution in [0.15, 0.2) is 42.7 Å². The summed E-state index contributed by atoms with van der Waals surface area (Å²) in [5.41, 5.74) is 2.54. The van der Waals surface area contributed by atoms with E-state index in [1.165, 1.54) is 12.8 Å². The first kappa shape index (κ1) is 17.8. The van der Waals surface area contributed by atoms with Crippen molar-refractivity contribution >= 4 is 11.9 Å². The fourth-order valence-corrected chi connectivity index (χ4v) is 3.82. The molecule has 27 heavy (non-hydrogen) atoms. The molecular weight excluding hydrogens is 342 g/mol. The molecule has 0 spiro atoms. The van der Waals surface area contributed by atoms with Crippen molar-refractivity contribution in [2.24, 2.45) is 5.92 Å². The van der Waals surface area contributed by atoms with Crippen LogP contribution in [0.3, 0.4) is 0 Å². The summed E-state index contributed by atoms with van der Waals surface area (Å²) in [6, 6.07) is 10.2. The molecule has 4 rings (SSSR count). The SMILES string of the molecule is O=C(O)CN(CC1CC1)C1CC(NC(=O)c2c[nH]cc2-c2ccccc2)C1. The van der Waals surface area contributed by atoms with Gasteiger partial charge < -0.3 is 15.4 Å². The van der Waals surface area contributed by atoms with Gasteiger partial charge in [-0.05, 0) is 37.2 Å². The molecule has 0 atom stereocenters. The second kappa shape index (κ2) is 7.56. The Labute approximate surface area is 158 Å². The molecular formula is C21H25N3O3. The molecule has 0 bridgehead atoms. The Hall–Kier alpha value is -2.60. The van der Waals surface area contributed by atoms with E-state index in [0.717, 1.165) is 30.5 Å². The van der Waals surface area contributed by atoms with Gasteiger partial charge in [-0.2, -0.15) is 0 Å². The van der Waals surface area contributed by atoms with Gasteiger partial charge in [0.05, 0.1) is 12.1 Å². The fourth-order valence-electron chi connectivity index (χ4n) is 3.82. The minimum atomic E-state index is -0.775. The average molecular weight is 367 g/mol. The first-order chi connectivity index (χ1) is 13.1. The predicted molar refractivity (Wildman–Crippen MR) is 102 cm³/mol. The predicted octanol–water partition coefficient (Wildman–Crippen LogP) is 2.74. The molecule has 1 aromatic carbocycles. The minimum Gasteiger partial charge on any atom is -0.480 e. The number of aromatic amines is 1. The number of amides is 1. The highest BCUT2D eigenvalue weighted by atomic mass is 16.4. The van der Waals surface area contributed by atoms with Gasteiger partial charge in [0, 0.05) is 36.6 Å². The van der Waals surface area contributed by atoms with Gasteiger partial charge in [-0.15, -0.1) is 0 Å². The number of hydrogen-bond acceptors (Lipinski definition) is 3. The highest BCUT2D eigenvalue weighted by Gasteiger charge is 2.38. The third-order valence-corrected chi connectivity index (χ3v) is 5.57. The van der Waals surface area contributed by atoms with Crippen LogP contribution in [-0.2, 0) is 4.79 Å². The molecule has 0 saturated heterocycles. The zero-order valence-electron chi connectivity index (χ0n) is 15.2. The monoisotopic (exact) mass is 367 g/mol. The van der Waals surface area contributed by atoms with Crippen LogP contribution in [0.4, 0.5) is 0 Å². The number of carboxylic acids is 1. The second-order valence-electron chi connectivity index (χ2n) is 7.71. The van der Waals surface area contributed by atoms with Gasteiger partial charge in [0.15, 0.2) is 0 Å². The third-order valence-electron chi connectivity index (χ3n) is 5.57. The van der Waals surface area contributed by atoms with Crippen molar-refractivity contribution in [1.82, 2.24) is 15.2 Å². The van der Waals surface area contributed by atoms with E-state index in [-0.39, 0.29) is 24.5 Å². The molecule has 142 valence electrons. The molecule has 6 heteroatoms. The highest BCUT2D eigenvalue weighted by molar-refractivity contribution is 6.01. The Bertz CT molecular complexity index is 807. The number of carbonyl (C=O) groups is 2. The van der Waals surface area contributed by atoms with E-state index >= 15 is 0 Å². The number of nitrogens with one attached hydrogen (secondary N) is 2. The lowest BCUT2D eigenvalue weighted by molar-refractivity contribution is -0.139. The second-order valence-corrected chi connectivity index (χ2v) is 7.71. The van der Waals surface area contributed by atoms with Gasteiger partial charge in [0.1, 0.15) is 0 Å². The summed E-state index contributed by atoms with van der Waals surface area (Å²) in [4.78, 5) is 28.9. The normalized spacial score (nSPS) is 21.7. The van der Waals surface area contributed by atoms with Crippen LogP contribution in [0.1, 0.15) is 36.0 Å². The highest BCUT2D eigenvalue weighted by Crippen LogP contribution is 2.34. The van der Waals surface area contributed by atoms with Crippen LogP contribution in [0.5, 0.6) is 0 Å². The van der Waals surface area contributed by atoms with E-state index in [9.17, 15) is 9.59 Å². The molecule has 2 fully saturated rings. The van der Waals surface area contributed by atoms with Crippen molar-refractivity contribution in [1.29, 1.82) is 0 Å². The van der Waals surface area contributed by atoms with Crippen LogP contribution in [0.25, 0.3) is 11.1 Å². The molecule has 0 radical (unpaired) electrons. The molecule has 0 unspecified atom stereocenters. The summed E-state index contributed by atoms with van der Waals surface area (Å²) in [5, 5.41) is 12.2. The molecule has 2 aliphatic rings. The van der Waals surface area contributed by atoms with Gasteiger partial charge in [0.25, 0.3) is 5.91 Å². The van der Waals surface area contributed by atoms with Crippen molar-refractivity contribution in [2.45, 2.75) is 37.8 Å². The van der Waals surface area contributed by atoms with Gasteiger partial charge in [0.2, 0.25) is 0 Å². The Morgan fingerprint density at radius 3 is 2.56 bits per heavy atom. The van der Waals surface area contributed by atoms with Crippen LogP contribution in [0, 0.1) is 5.92 Å². The Morgan fingerprint density at radius 1 is 1.15 bits per heavy atom. The number of nitrogens with zero attached hydrogens (tertiary/aromatic N) is 1. The van der Waals surface area contributed by atoms with Crippen LogP contribution >= 0.6 is 0 Å². The van der Waals surface area contributed by atoms with Crippen molar-refractivity contribution in [3.05, 3.63) is 48.3 Å². The summed E-state index contributed by atoms with van der Waals surface area (Å²) < 4.78 is 0. The lowest BCUT2D eigenvalue weighted by Gasteiger charge is -2.42. The molecule has 2 aliphatic carbocycles. The number of aliphatic carboxylic acids is 1. The summed E-state index contributed by atoms with van der Waals surface area (Å²) in [6.07, 6.45) is 7.63. The fraction of sp³-hybridized carbons (Fsp3) is 0.429. The van der Waals surface area contributed by atoms with Crippen molar-refractivity contribution < 1.29 is 14.7 Å². The van der Waals surface area contributed by atoms with Crippen molar-refractivity contribution in [2.75, 3.05) is 13.1 Å². The standard InChI is InChI=1S/C21H25N3O3/c25-20(26)13-24(12-14-6-7-14)17-8-16(9-17)23-21(27)19-11-22-10-18(19)15-4-2-1-3-5-15/h1-5,10-11,14,16-17,22H,6-9,12-13H2,(H,23,27)(H,25,26). The summed E-state index contributed by atoms with van der Waals surface area (Å²) >= 11 is 0. The van der Waals surface area contributed by atoms with Crippen molar-refractivity contribution in [3.63, 3.8) is 0 Å². The third kappa shape index (κ3) is 4.22. The van der Waals surface area contributed by atoms with E-state index in [0.29, 0.717) is 11.5 Å². The van der Waals surface area contributed by atoms with Crippen LogP contribution < -0.4 is 5.32 Å². The maximum Gasteiger partial charge on any atom is 0.317 e. The number of rotatable bonds is 8. The Kier molecular flexibility index (Phi) is 4.99. The summed E-state index contributed by atoms with van der Waals surface area (Å²) in [7, 11) is 0. The van der Waals surface area contributed by atoms with Gasteiger partial charge in [-0.25, -0.2) is 0 Å². The number of carboxylic acid groups (broad SMARTS) is 1. The molecule has 1 aromatic heterocycles. The molecule has 0 aliphatic heterocycles. The lowest BCUT2D eigenvalue weighted by atomic mass is 9.85. The topological polar surface area (TPSA) is 85.4 Å². The van der Waals surface area contributed by atoms with E-state index < -0.39 is 5.97 Å². The Balaban J connectivity index is 1.34. The first-order valence-corrected chi connectivity index (χ1v) is 9.59. The minimum absolute atomic E-state index is 0.0782. The quantitative estimate of drug-likeness (QED) is 0.670. The average Bonchev–Trinajstić information content (AvgIpc) is 3.29. The molecule has 2 aromatic rings.